The van der Waals surface area contributed by atoms with Gasteiger partial charge in [-0.3, -0.25) is 0 Å². The Balaban J connectivity index is 3.04. The molecule has 0 fully saturated rings. The average Bonchev–Trinajstić information content (AvgIpc) is 2.66. The van der Waals surface area contributed by atoms with Crippen molar-refractivity contribution in [1.29, 1.82) is 0 Å². The Hall–Kier alpha value is -0.260. The van der Waals surface area contributed by atoms with E-state index in [1.165, 1.54) is 141 Å². The number of allylic oxidation sites excluding steroid dienone is 2. The molecule has 0 amide bonds. The van der Waals surface area contributed by atoms with E-state index in [-0.39, 0.29) is 0 Å². The van der Waals surface area contributed by atoms with Crippen LogP contribution >= 0.6 is 0 Å². The second-order valence-corrected chi connectivity index (χ2v) is 8.41. The largest absolute Gasteiger partial charge is 0.0885 e. The zero-order valence-corrected chi connectivity index (χ0v) is 18.7. The third-order valence-corrected chi connectivity index (χ3v) is 5.62. The lowest BCUT2D eigenvalue weighted by Crippen LogP contribution is -1.82. The maximum atomic E-state index is 2.44. The zero-order chi connectivity index (χ0) is 19.0. The van der Waals surface area contributed by atoms with Gasteiger partial charge in [-0.05, 0) is 25.7 Å². The lowest BCUT2D eigenvalue weighted by atomic mass is 10.0. The van der Waals surface area contributed by atoms with Crippen molar-refractivity contribution < 1.29 is 0 Å². The van der Waals surface area contributed by atoms with Crippen LogP contribution in [-0.4, -0.2) is 0 Å². The van der Waals surface area contributed by atoms with Crippen LogP contribution in [0.1, 0.15) is 155 Å². The topological polar surface area (TPSA) is 0 Å². The first-order valence-corrected chi connectivity index (χ1v) is 12.6. The van der Waals surface area contributed by atoms with Crippen molar-refractivity contribution >= 4 is 0 Å². The molecule has 156 valence electrons. The van der Waals surface area contributed by atoms with E-state index in [4.69, 9.17) is 0 Å². The van der Waals surface area contributed by atoms with Crippen LogP contribution in [-0.2, 0) is 0 Å². The van der Waals surface area contributed by atoms with E-state index in [1.54, 1.807) is 0 Å². The molecule has 0 saturated carbocycles. The second kappa shape index (κ2) is 24.7. The third kappa shape index (κ3) is 23.7. The fourth-order valence-electron chi connectivity index (χ4n) is 3.73. The number of hydrogen-bond donors (Lipinski definition) is 0. The highest BCUT2D eigenvalue weighted by molar-refractivity contribution is 4.81. The highest BCUT2D eigenvalue weighted by Crippen LogP contribution is 2.13. The molecule has 0 atom stereocenters. The number of unbranched alkanes of at least 4 members (excludes halogenated alkanes) is 20. The van der Waals surface area contributed by atoms with E-state index in [1.807, 2.05) is 0 Å². The lowest BCUT2D eigenvalue weighted by Gasteiger charge is -2.02. The Morgan fingerprint density at radius 1 is 0.308 bits per heavy atom. The quantitative estimate of drug-likeness (QED) is 0.132. The molecule has 0 rings (SSSR count). The zero-order valence-electron chi connectivity index (χ0n) is 18.7. The number of hydrogen-bond acceptors (Lipinski definition) is 0. The highest BCUT2D eigenvalue weighted by atomic mass is 14.0. The van der Waals surface area contributed by atoms with Crippen molar-refractivity contribution in [2.24, 2.45) is 0 Å². The van der Waals surface area contributed by atoms with Gasteiger partial charge in [0.25, 0.3) is 0 Å². The van der Waals surface area contributed by atoms with E-state index < -0.39 is 0 Å². The summed E-state index contributed by atoms with van der Waals surface area (Å²) in [6, 6.07) is 0. The molecule has 0 heteroatoms. The Morgan fingerprint density at radius 2 is 0.538 bits per heavy atom. The van der Waals surface area contributed by atoms with Crippen molar-refractivity contribution in [1.82, 2.24) is 0 Å². The average molecular weight is 365 g/mol. The van der Waals surface area contributed by atoms with Gasteiger partial charge in [0.05, 0.1) is 0 Å². The smallest absolute Gasteiger partial charge is 0.0351 e. The van der Waals surface area contributed by atoms with Crippen molar-refractivity contribution in [2.45, 2.75) is 155 Å². The molecular formula is C26H52. The fraction of sp³-hybridized carbons (Fsp3) is 0.923. The molecule has 0 aliphatic carbocycles. The first-order valence-electron chi connectivity index (χ1n) is 12.6. The first kappa shape index (κ1) is 25.7. The van der Waals surface area contributed by atoms with Gasteiger partial charge in [0.15, 0.2) is 0 Å². The fourth-order valence-corrected chi connectivity index (χ4v) is 3.73. The Morgan fingerprint density at radius 3 is 0.808 bits per heavy atom. The Kier molecular flexibility index (Phi) is 24.5. The molecule has 0 radical (unpaired) electrons. The summed E-state index contributed by atoms with van der Waals surface area (Å²) >= 11 is 0. The monoisotopic (exact) mass is 364 g/mol. The predicted octanol–water partition coefficient (Wildman–Crippen LogP) is 10.2. The first-order chi connectivity index (χ1) is 12.9. The SMILES string of the molecule is CCCCCCCCC/C=C\CCCCCCCCCCCCCCC. The van der Waals surface area contributed by atoms with Gasteiger partial charge < -0.3 is 0 Å². The lowest BCUT2D eigenvalue weighted by molar-refractivity contribution is 0.540. The van der Waals surface area contributed by atoms with Crippen LogP contribution < -0.4 is 0 Å². The predicted molar refractivity (Wildman–Crippen MR) is 122 cm³/mol. The maximum Gasteiger partial charge on any atom is -0.0351 e. The molecule has 0 aliphatic heterocycles. The van der Waals surface area contributed by atoms with E-state index in [9.17, 15) is 0 Å². The minimum atomic E-state index is 1.31. The molecule has 0 heterocycles. The highest BCUT2D eigenvalue weighted by Gasteiger charge is 1.93. The molecule has 0 N–H and O–H groups in total. The van der Waals surface area contributed by atoms with Crippen LogP contribution in [0.15, 0.2) is 12.2 Å². The summed E-state index contributed by atoms with van der Waals surface area (Å²) < 4.78 is 0. The standard InChI is InChI=1S/C26H52/c1-3-5-7-9-11-13-15-17-19-21-23-25-26-24-22-20-18-16-14-12-10-8-6-4-2/h19,21H,3-18,20,22-26H2,1-2H3/b21-19-. The summed E-state index contributed by atoms with van der Waals surface area (Å²) in [4.78, 5) is 0. The van der Waals surface area contributed by atoms with Gasteiger partial charge in [-0.1, -0.05) is 142 Å². The minimum absolute atomic E-state index is 1.31. The molecule has 0 bridgehead atoms. The van der Waals surface area contributed by atoms with Crippen LogP contribution in [0.5, 0.6) is 0 Å². The van der Waals surface area contributed by atoms with Crippen LogP contribution in [0.3, 0.4) is 0 Å². The molecular weight excluding hydrogens is 312 g/mol. The van der Waals surface area contributed by atoms with E-state index >= 15 is 0 Å². The summed E-state index contributed by atoms with van der Waals surface area (Å²) in [6.45, 7) is 4.59. The van der Waals surface area contributed by atoms with Crippen LogP contribution in [0, 0.1) is 0 Å². The molecule has 0 aromatic heterocycles. The molecule has 0 saturated heterocycles. The summed E-state index contributed by atoms with van der Waals surface area (Å²) in [7, 11) is 0. The molecule has 0 unspecified atom stereocenters. The minimum Gasteiger partial charge on any atom is -0.0885 e. The van der Waals surface area contributed by atoms with Crippen molar-refractivity contribution in [2.75, 3.05) is 0 Å². The van der Waals surface area contributed by atoms with E-state index in [2.05, 4.69) is 26.0 Å². The summed E-state index contributed by atoms with van der Waals surface area (Å²) in [6.07, 6.45) is 36.4. The third-order valence-electron chi connectivity index (χ3n) is 5.62. The van der Waals surface area contributed by atoms with Gasteiger partial charge in [0, 0.05) is 0 Å². The maximum absolute atomic E-state index is 2.44. The van der Waals surface area contributed by atoms with Gasteiger partial charge in [-0.2, -0.15) is 0 Å². The van der Waals surface area contributed by atoms with E-state index in [0.29, 0.717) is 0 Å². The molecule has 0 spiro atoms. The number of rotatable bonds is 22. The van der Waals surface area contributed by atoms with Gasteiger partial charge in [-0.15, -0.1) is 0 Å². The molecule has 0 aromatic carbocycles. The molecule has 26 heavy (non-hydrogen) atoms. The second-order valence-electron chi connectivity index (χ2n) is 8.41. The van der Waals surface area contributed by atoms with Crippen molar-refractivity contribution in [3.63, 3.8) is 0 Å². The van der Waals surface area contributed by atoms with Crippen LogP contribution in [0.2, 0.25) is 0 Å². The normalized spacial score (nSPS) is 11.6. The van der Waals surface area contributed by atoms with Gasteiger partial charge in [-0.25, -0.2) is 0 Å². The Labute approximate surface area is 167 Å². The summed E-state index contributed by atoms with van der Waals surface area (Å²) in [5.41, 5.74) is 0. The van der Waals surface area contributed by atoms with Crippen molar-refractivity contribution in [3.8, 4) is 0 Å². The molecule has 0 nitrogen and oxygen atoms in total. The van der Waals surface area contributed by atoms with E-state index in [0.717, 1.165) is 0 Å². The van der Waals surface area contributed by atoms with Crippen molar-refractivity contribution in [3.05, 3.63) is 12.2 Å². The summed E-state index contributed by atoms with van der Waals surface area (Å²) in [5.74, 6) is 0. The Bertz CT molecular complexity index is 253. The molecule has 0 aromatic rings. The summed E-state index contributed by atoms with van der Waals surface area (Å²) in [5, 5.41) is 0. The van der Waals surface area contributed by atoms with Gasteiger partial charge in [0.1, 0.15) is 0 Å². The van der Waals surface area contributed by atoms with Gasteiger partial charge >= 0.3 is 0 Å². The van der Waals surface area contributed by atoms with Gasteiger partial charge in [0.2, 0.25) is 0 Å². The van der Waals surface area contributed by atoms with Crippen LogP contribution in [0.4, 0.5) is 0 Å². The van der Waals surface area contributed by atoms with Crippen LogP contribution in [0.25, 0.3) is 0 Å². The molecule has 0 aliphatic rings.